The molecule has 226 valence electrons. The van der Waals surface area contributed by atoms with Crippen molar-refractivity contribution in [3.63, 3.8) is 0 Å². The van der Waals surface area contributed by atoms with Gasteiger partial charge in [-0.2, -0.15) is 0 Å². The summed E-state index contributed by atoms with van der Waals surface area (Å²) < 4.78 is 10.5. The quantitative estimate of drug-likeness (QED) is 0.157. The van der Waals surface area contributed by atoms with E-state index in [0.717, 1.165) is 11.1 Å². The highest BCUT2D eigenvalue weighted by atomic mass is 16.6. The number of aliphatic hydroxyl groups excluding tert-OH is 1. The molecule has 2 aromatic rings. The summed E-state index contributed by atoms with van der Waals surface area (Å²) in [4.78, 5) is 50.5. The van der Waals surface area contributed by atoms with Gasteiger partial charge in [0.1, 0.15) is 19.3 Å². The lowest BCUT2D eigenvalue weighted by Crippen LogP contribution is -2.45. The Morgan fingerprint density at radius 1 is 0.857 bits per heavy atom. The van der Waals surface area contributed by atoms with E-state index in [9.17, 15) is 24.3 Å². The molecular formula is C32H41N3O7. The molecule has 0 aliphatic carbocycles. The molecule has 0 radical (unpaired) electrons. The number of aliphatic hydroxyl groups is 1. The van der Waals surface area contributed by atoms with Gasteiger partial charge in [-0.15, -0.1) is 13.2 Å². The maximum Gasteiger partial charge on any atom is 0.408 e. The lowest BCUT2D eigenvalue weighted by Gasteiger charge is -2.22. The molecule has 4 unspecified atom stereocenters. The summed E-state index contributed by atoms with van der Waals surface area (Å²) in [5, 5.41) is 17.7. The van der Waals surface area contributed by atoms with Gasteiger partial charge in [-0.3, -0.25) is 9.59 Å². The van der Waals surface area contributed by atoms with E-state index in [-0.39, 0.29) is 45.0 Å². The van der Waals surface area contributed by atoms with E-state index in [1.54, 1.807) is 13.0 Å². The SMILES string of the molecule is C=CCC(CC(=O)NC(CO)Cc1ccccc1)C(=O)NC(C)COC(=O)C(CC=C)NC(=O)OCc1ccccc1. The topological polar surface area (TPSA) is 143 Å². The normalized spacial score (nSPS) is 13.4. The fraction of sp³-hybridized carbons (Fsp3) is 0.375. The summed E-state index contributed by atoms with van der Waals surface area (Å²) in [6.07, 6.45) is 2.98. The molecule has 0 fully saturated rings. The highest BCUT2D eigenvalue weighted by molar-refractivity contribution is 5.86. The molecule has 10 nitrogen and oxygen atoms in total. The zero-order valence-corrected chi connectivity index (χ0v) is 24.0. The average Bonchev–Trinajstić information content (AvgIpc) is 2.99. The maximum atomic E-state index is 12.9. The molecule has 0 heterocycles. The first-order valence-corrected chi connectivity index (χ1v) is 13.9. The number of carbonyl (C=O) groups excluding carboxylic acids is 4. The second kappa shape index (κ2) is 18.8. The molecular weight excluding hydrogens is 538 g/mol. The van der Waals surface area contributed by atoms with Gasteiger partial charge in [0.05, 0.1) is 24.6 Å². The van der Waals surface area contributed by atoms with Gasteiger partial charge in [-0.05, 0) is 37.3 Å². The number of nitrogens with one attached hydrogen (secondary N) is 3. The van der Waals surface area contributed by atoms with Gasteiger partial charge >= 0.3 is 12.1 Å². The first-order valence-electron chi connectivity index (χ1n) is 13.9. The van der Waals surface area contributed by atoms with Crippen LogP contribution in [0.1, 0.15) is 37.3 Å². The second-order valence-corrected chi connectivity index (χ2v) is 9.88. The van der Waals surface area contributed by atoms with Gasteiger partial charge < -0.3 is 30.5 Å². The minimum absolute atomic E-state index is 0.0448. The molecule has 0 saturated carbocycles. The van der Waals surface area contributed by atoms with E-state index < -0.39 is 42.0 Å². The van der Waals surface area contributed by atoms with Crippen molar-refractivity contribution in [3.8, 4) is 0 Å². The monoisotopic (exact) mass is 579 g/mol. The molecule has 0 aliphatic heterocycles. The third-order valence-corrected chi connectivity index (χ3v) is 6.22. The van der Waals surface area contributed by atoms with Crippen molar-refractivity contribution in [2.45, 2.75) is 57.3 Å². The van der Waals surface area contributed by atoms with Crippen LogP contribution in [-0.4, -0.2) is 60.3 Å². The molecule has 42 heavy (non-hydrogen) atoms. The molecule has 2 aromatic carbocycles. The Hall–Kier alpha value is -4.44. The van der Waals surface area contributed by atoms with Gasteiger partial charge in [0.2, 0.25) is 11.8 Å². The van der Waals surface area contributed by atoms with Crippen molar-refractivity contribution in [3.05, 3.63) is 97.1 Å². The Morgan fingerprint density at radius 2 is 1.48 bits per heavy atom. The predicted octanol–water partition coefficient (Wildman–Crippen LogP) is 3.21. The number of benzene rings is 2. The van der Waals surface area contributed by atoms with Crippen LogP contribution in [0.4, 0.5) is 4.79 Å². The van der Waals surface area contributed by atoms with Crippen molar-refractivity contribution in [1.29, 1.82) is 0 Å². The Balaban J connectivity index is 1.82. The Bertz CT molecular complexity index is 1160. The number of esters is 1. The van der Waals surface area contributed by atoms with Gasteiger partial charge in [-0.1, -0.05) is 72.8 Å². The lowest BCUT2D eigenvalue weighted by atomic mass is 9.98. The predicted molar refractivity (Wildman–Crippen MR) is 159 cm³/mol. The average molecular weight is 580 g/mol. The van der Waals surface area contributed by atoms with Gasteiger partial charge in [-0.25, -0.2) is 9.59 Å². The molecule has 0 aromatic heterocycles. The van der Waals surface area contributed by atoms with Crippen molar-refractivity contribution in [2.24, 2.45) is 5.92 Å². The van der Waals surface area contributed by atoms with Crippen LogP contribution in [0, 0.1) is 5.92 Å². The number of carbonyl (C=O) groups is 4. The summed E-state index contributed by atoms with van der Waals surface area (Å²) in [6.45, 7) is 8.59. The van der Waals surface area contributed by atoms with E-state index in [0.29, 0.717) is 6.42 Å². The van der Waals surface area contributed by atoms with Crippen LogP contribution >= 0.6 is 0 Å². The molecule has 10 heteroatoms. The number of hydrogen-bond acceptors (Lipinski definition) is 7. The minimum Gasteiger partial charge on any atom is -0.462 e. The van der Waals surface area contributed by atoms with Crippen LogP contribution in [0.15, 0.2) is 86.0 Å². The minimum atomic E-state index is -1.01. The maximum absolute atomic E-state index is 12.9. The third-order valence-electron chi connectivity index (χ3n) is 6.22. The number of hydrogen-bond donors (Lipinski definition) is 4. The van der Waals surface area contributed by atoms with E-state index in [1.807, 2.05) is 60.7 Å². The first kappa shape index (κ1) is 33.8. The van der Waals surface area contributed by atoms with Crippen molar-refractivity contribution < 1.29 is 33.8 Å². The summed E-state index contributed by atoms with van der Waals surface area (Å²) >= 11 is 0. The molecule has 0 bridgehead atoms. The summed E-state index contributed by atoms with van der Waals surface area (Å²) in [7, 11) is 0. The van der Waals surface area contributed by atoms with Crippen LogP contribution in [0.3, 0.4) is 0 Å². The highest BCUT2D eigenvalue weighted by Crippen LogP contribution is 2.12. The Kier molecular flexibility index (Phi) is 15.1. The van der Waals surface area contributed by atoms with E-state index in [2.05, 4.69) is 29.1 Å². The van der Waals surface area contributed by atoms with E-state index >= 15 is 0 Å². The standard InChI is InChI=1S/C32H41N3O7/c1-4-12-26(19-29(37)34-27(20-36)18-24-14-8-6-9-15-24)30(38)33-23(3)21-41-31(39)28(13-5-2)35-32(40)42-22-25-16-10-7-11-17-25/h4-11,14-17,23,26-28,36H,1-2,12-13,18-22H2,3H3,(H,33,38)(H,34,37)(H,35,40). The summed E-state index contributed by atoms with van der Waals surface area (Å²) in [5.74, 6) is -2.18. The van der Waals surface area contributed by atoms with Crippen LogP contribution in [0.5, 0.6) is 0 Å². The van der Waals surface area contributed by atoms with Crippen LogP contribution < -0.4 is 16.0 Å². The molecule has 2 rings (SSSR count). The summed E-state index contributed by atoms with van der Waals surface area (Å²) in [5.41, 5.74) is 1.77. The molecule has 4 N–H and O–H groups in total. The largest absolute Gasteiger partial charge is 0.462 e. The van der Waals surface area contributed by atoms with E-state index in [4.69, 9.17) is 9.47 Å². The zero-order chi connectivity index (χ0) is 30.7. The van der Waals surface area contributed by atoms with Gasteiger partial charge in [0.15, 0.2) is 0 Å². The van der Waals surface area contributed by atoms with Crippen molar-refractivity contribution in [1.82, 2.24) is 16.0 Å². The number of amides is 3. The zero-order valence-electron chi connectivity index (χ0n) is 24.0. The van der Waals surface area contributed by atoms with Crippen molar-refractivity contribution >= 4 is 23.9 Å². The molecule has 4 atom stereocenters. The van der Waals surface area contributed by atoms with Crippen LogP contribution in [0.2, 0.25) is 0 Å². The summed E-state index contributed by atoms with van der Waals surface area (Å²) in [6, 6.07) is 16.5. The van der Waals surface area contributed by atoms with Crippen LogP contribution in [0.25, 0.3) is 0 Å². The molecule has 3 amide bonds. The molecule has 0 saturated heterocycles. The second-order valence-electron chi connectivity index (χ2n) is 9.88. The van der Waals surface area contributed by atoms with Crippen LogP contribution in [-0.2, 0) is 36.9 Å². The van der Waals surface area contributed by atoms with Crippen molar-refractivity contribution in [2.75, 3.05) is 13.2 Å². The number of allylic oxidation sites excluding steroid dienone is 1. The number of rotatable bonds is 18. The Morgan fingerprint density at radius 3 is 2.07 bits per heavy atom. The highest BCUT2D eigenvalue weighted by Gasteiger charge is 2.26. The smallest absolute Gasteiger partial charge is 0.408 e. The number of ether oxygens (including phenoxy) is 2. The fourth-order valence-electron chi connectivity index (χ4n) is 4.05. The third kappa shape index (κ3) is 12.8. The lowest BCUT2D eigenvalue weighted by molar-refractivity contribution is -0.147. The molecule has 0 spiro atoms. The molecule has 0 aliphatic rings. The van der Waals surface area contributed by atoms with Gasteiger partial charge in [0.25, 0.3) is 0 Å². The fourth-order valence-corrected chi connectivity index (χ4v) is 4.05. The first-order chi connectivity index (χ1) is 20.2. The van der Waals surface area contributed by atoms with E-state index in [1.165, 1.54) is 6.08 Å². The number of alkyl carbamates (subject to hydrolysis) is 1. The Labute approximate surface area is 247 Å². The van der Waals surface area contributed by atoms with Gasteiger partial charge in [0, 0.05) is 6.42 Å².